The summed E-state index contributed by atoms with van der Waals surface area (Å²) in [6.45, 7) is 2.92. The fourth-order valence-corrected chi connectivity index (χ4v) is 2.58. The van der Waals surface area contributed by atoms with Crippen LogP contribution in [-0.2, 0) is 4.74 Å². The van der Waals surface area contributed by atoms with Gasteiger partial charge in [0, 0.05) is 36.7 Å². The van der Waals surface area contributed by atoms with Crippen molar-refractivity contribution in [3.63, 3.8) is 0 Å². The van der Waals surface area contributed by atoms with Crippen molar-refractivity contribution in [3.05, 3.63) is 47.1 Å². The molecule has 0 aliphatic carbocycles. The molecule has 1 aliphatic heterocycles. The Bertz CT molecular complexity index is 717. The lowest BCUT2D eigenvalue weighted by molar-refractivity contribution is 0.102. The van der Waals surface area contributed by atoms with E-state index in [1.54, 1.807) is 30.5 Å². The lowest BCUT2D eigenvalue weighted by atomic mass is 10.2. The summed E-state index contributed by atoms with van der Waals surface area (Å²) in [6.07, 6.45) is 1.67. The predicted octanol–water partition coefficient (Wildman–Crippen LogP) is 2.41. The number of hydrogen-bond donors (Lipinski definition) is 2. The molecule has 1 fully saturated rings. The van der Waals surface area contributed by atoms with E-state index in [0.717, 1.165) is 18.9 Å². The van der Waals surface area contributed by atoms with E-state index in [-0.39, 0.29) is 5.91 Å². The number of nitrogen functional groups attached to an aromatic ring is 1. The van der Waals surface area contributed by atoms with Crippen LogP contribution in [-0.4, -0.2) is 37.2 Å². The minimum atomic E-state index is -0.304. The first-order valence-electron chi connectivity index (χ1n) is 7.28. The van der Waals surface area contributed by atoms with E-state index in [1.165, 1.54) is 0 Å². The number of anilines is 3. The molecule has 0 atom stereocenters. The van der Waals surface area contributed by atoms with Crippen LogP contribution in [0.15, 0.2) is 36.5 Å². The Morgan fingerprint density at radius 3 is 2.83 bits per heavy atom. The van der Waals surface area contributed by atoms with Crippen molar-refractivity contribution >= 4 is 34.7 Å². The third kappa shape index (κ3) is 3.72. The highest BCUT2D eigenvalue weighted by atomic mass is 35.5. The van der Waals surface area contributed by atoms with Gasteiger partial charge in [-0.15, -0.1) is 0 Å². The third-order valence-corrected chi connectivity index (χ3v) is 3.90. The Balaban J connectivity index is 1.77. The first kappa shape index (κ1) is 15.6. The second-order valence-electron chi connectivity index (χ2n) is 5.20. The van der Waals surface area contributed by atoms with Crippen LogP contribution in [0, 0.1) is 0 Å². The van der Waals surface area contributed by atoms with Crippen molar-refractivity contribution in [1.82, 2.24) is 4.98 Å². The molecule has 120 valence electrons. The van der Waals surface area contributed by atoms with Crippen molar-refractivity contribution < 1.29 is 9.53 Å². The van der Waals surface area contributed by atoms with Crippen LogP contribution in [0.2, 0.25) is 5.02 Å². The molecule has 0 spiro atoms. The normalized spacial score (nSPS) is 14.6. The van der Waals surface area contributed by atoms with Crippen LogP contribution >= 0.6 is 11.6 Å². The number of carbonyl (C=O) groups is 1. The number of carbonyl (C=O) groups excluding carboxylic acids is 1. The molecule has 0 unspecified atom stereocenters. The zero-order chi connectivity index (χ0) is 16.2. The van der Waals surface area contributed by atoms with Gasteiger partial charge in [-0.3, -0.25) is 4.79 Å². The number of nitrogens with zero attached hydrogens (tertiary/aromatic N) is 2. The number of ether oxygens (including phenoxy) is 1. The summed E-state index contributed by atoms with van der Waals surface area (Å²) >= 11 is 6.06. The summed E-state index contributed by atoms with van der Waals surface area (Å²) in [4.78, 5) is 18.8. The minimum absolute atomic E-state index is 0.304. The number of rotatable bonds is 3. The third-order valence-electron chi connectivity index (χ3n) is 3.57. The summed E-state index contributed by atoms with van der Waals surface area (Å²) in [5, 5.41) is 3.19. The summed E-state index contributed by atoms with van der Waals surface area (Å²) in [6, 6.07) is 8.40. The molecule has 1 aliphatic rings. The second-order valence-corrected chi connectivity index (χ2v) is 5.60. The van der Waals surface area contributed by atoms with Gasteiger partial charge in [0.15, 0.2) is 0 Å². The van der Waals surface area contributed by atoms with E-state index in [9.17, 15) is 4.79 Å². The number of halogens is 1. The molecule has 0 bridgehead atoms. The van der Waals surface area contributed by atoms with Gasteiger partial charge in [-0.1, -0.05) is 11.6 Å². The van der Waals surface area contributed by atoms with Crippen LogP contribution in [0.3, 0.4) is 0 Å². The smallest absolute Gasteiger partial charge is 0.257 e. The van der Waals surface area contributed by atoms with Crippen molar-refractivity contribution in [2.45, 2.75) is 0 Å². The fraction of sp³-hybridized carbons (Fsp3) is 0.250. The zero-order valence-corrected chi connectivity index (χ0v) is 13.2. The molecule has 0 saturated carbocycles. The van der Waals surface area contributed by atoms with Gasteiger partial charge in [0.1, 0.15) is 5.82 Å². The molecule has 3 rings (SSSR count). The van der Waals surface area contributed by atoms with E-state index in [2.05, 4.69) is 15.2 Å². The van der Waals surface area contributed by atoms with Crippen LogP contribution in [0.4, 0.5) is 17.2 Å². The quantitative estimate of drug-likeness (QED) is 0.844. The SMILES string of the molecule is Nc1ccc(Cl)c(C(=O)Nc2ccnc(N3CCOCC3)c2)c1. The van der Waals surface area contributed by atoms with E-state index in [1.807, 2.05) is 6.07 Å². The predicted molar refractivity (Wildman–Crippen MR) is 91.1 cm³/mol. The standard InChI is InChI=1S/C16H17ClN4O2/c17-14-2-1-11(18)9-13(14)16(22)20-12-3-4-19-15(10-12)21-5-7-23-8-6-21/h1-4,9-10H,5-8,18H2,(H,19,20,22). The average Bonchev–Trinajstić information content (AvgIpc) is 2.58. The molecule has 23 heavy (non-hydrogen) atoms. The van der Waals surface area contributed by atoms with Crippen LogP contribution in [0.5, 0.6) is 0 Å². The largest absolute Gasteiger partial charge is 0.399 e. The number of pyridine rings is 1. The van der Waals surface area contributed by atoms with E-state index < -0.39 is 0 Å². The van der Waals surface area contributed by atoms with Gasteiger partial charge in [-0.05, 0) is 24.3 Å². The number of aromatic nitrogens is 1. The number of benzene rings is 1. The Morgan fingerprint density at radius 1 is 1.26 bits per heavy atom. The molecule has 7 heteroatoms. The van der Waals surface area contributed by atoms with E-state index in [0.29, 0.717) is 35.2 Å². The Morgan fingerprint density at radius 2 is 2.04 bits per heavy atom. The number of nitrogens with two attached hydrogens (primary N) is 1. The fourth-order valence-electron chi connectivity index (χ4n) is 2.38. The average molecular weight is 333 g/mol. The maximum atomic E-state index is 12.4. The highest BCUT2D eigenvalue weighted by molar-refractivity contribution is 6.34. The maximum absolute atomic E-state index is 12.4. The summed E-state index contributed by atoms with van der Waals surface area (Å²) in [5.74, 6) is 0.506. The monoisotopic (exact) mass is 332 g/mol. The lowest BCUT2D eigenvalue weighted by Crippen LogP contribution is -2.36. The number of morpholine rings is 1. The van der Waals surface area contributed by atoms with E-state index >= 15 is 0 Å². The van der Waals surface area contributed by atoms with Crippen LogP contribution in [0.25, 0.3) is 0 Å². The highest BCUT2D eigenvalue weighted by Crippen LogP contribution is 2.22. The molecule has 6 nitrogen and oxygen atoms in total. The second kappa shape index (κ2) is 6.85. The van der Waals surface area contributed by atoms with Crippen molar-refractivity contribution in [2.24, 2.45) is 0 Å². The van der Waals surface area contributed by atoms with Crippen molar-refractivity contribution in [2.75, 3.05) is 42.3 Å². The Kier molecular flexibility index (Phi) is 4.64. The Labute approximate surface area is 139 Å². The highest BCUT2D eigenvalue weighted by Gasteiger charge is 2.15. The molecule has 0 radical (unpaired) electrons. The van der Waals surface area contributed by atoms with Gasteiger partial charge in [0.05, 0.1) is 23.8 Å². The van der Waals surface area contributed by atoms with Gasteiger partial charge in [-0.2, -0.15) is 0 Å². The number of nitrogens with one attached hydrogen (secondary N) is 1. The lowest BCUT2D eigenvalue weighted by Gasteiger charge is -2.28. The van der Waals surface area contributed by atoms with Crippen LogP contribution < -0.4 is 16.0 Å². The maximum Gasteiger partial charge on any atom is 0.257 e. The summed E-state index contributed by atoms with van der Waals surface area (Å²) in [5.41, 5.74) is 7.20. The number of hydrogen-bond acceptors (Lipinski definition) is 5. The van der Waals surface area contributed by atoms with Crippen molar-refractivity contribution in [3.8, 4) is 0 Å². The molecule has 1 saturated heterocycles. The molecular weight excluding hydrogens is 316 g/mol. The molecular formula is C16H17ClN4O2. The van der Waals surface area contributed by atoms with Gasteiger partial charge < -0.3 is 20.7 Å². The Hall–Kier alpha value is -2.31. The summed E-state index contributed by atoms with van der Waals surface area (Å²) < 4.78 is 5.33. The number of amides is 1. The first-order valence-corrected chi connectivity index (χ1v) is 7.66. The van der Waals surface area contributed by atoms with Gasteiger partial charge >= 0.3 is 0 Å². The molecule has 2 heterocycles. The van der Waals surface area contributed by atoms with Gasteiger partial charge in [-0.25, -0.2) is 4.98 Å². The topological polar surface area (TPSA) is 80.5 Å². The van der Waals surface area contributed by atoms with E-state index in [4.69, 9.17) is 22.1 Å². The summed E-state index contributed by atoms with van der Waals surface area (Å²) in [7, 11) is 0. The molecule has 1 aromatic heterocycles. The molecule has 1 aromatic carbocycles. The van der Waals surface area contributed by atoms with Gasteiger partial charge in [0.2, 0.25) is 0 Å². The first-order chi connectivity index (χ1) is 11.1. The molecule has 1 amide bonds. The molecule has 3 N–H and O–H groups in total. The zero-order valence-electron chi connectivity index (χ0n) is 12.5. The minimum Gasteiger partial charge on any atom is -0.399 e. The van der Waals surface area contributed by atoms with Crippen LogP contribution in [0.1, 0.15) is 10.4 Å². The molecule has 2 aromatic rings. The van der Waals surface area contributed by atoms with Gasteiger partial charge in [0.25, 0.3) is 5.91 Å². The van der Waals surface area contributed by atoms with Crippen molar-refractivity contribution in [1.29, 1.82) is 0 Å².